The van der Waals surface area contributed by atoms with Gasteiger partial charge in [-0.2, -0.15) is 0 Å². The molecule has 0 aliphatic carbocycles. The lowest BCUT2D eigenvalue weighted by Crippen LogP contribution is -2.29. The Morgan fingerprint density at radius 2 is 2.09 bits per heavy atom. The minimum absolute atomic E-state index is 0.789. The minimum Gasteiger partial charge on any atom is -0.361 e. The van der Waals surface area contributed by atoms with E-state index in [0.29, 0.717) is 0 Å². The summed E-state index contributed by atoms with van der Waals surface area (Å²) in [6.07, 6.45) is 5.09. The van der Waals surface area contributed by atoms with Gasteiger partial charge in [-0.05, 0) is 31.2 Å². The number of aryl methyl sites for hydroxylation is 1. The van der Waals surface area contributed by atoms with Crippen molar-refractivity contribution in [1.29, 1.82) is 0 Å². The van der Waals surface area contributed by atoms with Crippen LogP contribution in [0.5, 0.6) is 0 Å². The molecule has 0 unspecified atom stereocenters. The highest BCUT2D eigenvalue weighted by Gasteiger charge is 2.24. The van der Waals surface area contributed by atoms with E-state index in [1.807, 2.05) is 23.5 Å². The van der Waals surface area contributed by atoms with Crippen molar-refractivity contribution in [3.05, 3.63) is 63.4 Å². The molecule has 0 aromatic carbocycles. The zero-order chi connectivity index (χ0) is 14.9. The highest BCUT2D eigenvalue weighted by Crippen LogP contribution is 2.26. The summed E-state index contributed by atoms with van der Waals surface area (Å²) in [4.78, 5) is 5.31. The third-order valence-corrected chi connectivity index (χ3v) is 5.15. The Kier molecular flexibility index (Phi) is 3.60. The molecule has 0 bridgehead atoms. The third kappa shape index (κ3) is 2.74. The van der Waals surface area contributed by atoms with Crippen molar-refractivity contribution in [2.45, 2.75) is 33.0 Å². The van der Waals surface area contributed by atoms with Gasteiger partial charge in [-0.25, -0.2) is 0 Å². The molecule has 3 aromatic rings. The van der Waals surface area contributed by atoms with Crippen LogP contribution in [0.15, 0.2) is 41.2 Å². The summed E-state index contributed by atoms with van der Waals surface area (Å²) < 4.78 is 7.69. The van der Waals surface area contributed by atoms with Crippen LogP contribution in [0.2, 0.25) is 0 Å². The summed E-state index contributed by atoms with van der Waals surface area (Å²) in [5.41, 5.74) is 2.35. The van der Waals surface area contributed by atoms with E-state index in [2.05, 4.69) is 46.1 Å². The van der Waals surface area contributed by atoms with E-state index in [-0.39, 0.29) is 0 Å². The quantitative estimate of drug-likeness (QED) is 0.740. The Balaban J connectivity index is 1.50. The number of hydrogen-bond donors (Lipinski definition) is 0. The first-order valence-electron chi connectivity index (χ1n) is 7.62. The second kappa shape index (κ2) is 5.74. The molecular weight excluding hydrogens is 294 g/mol. The lowest BCUT2D eigenvalue weighted by molar-refractivity contribution is 0.230. The van der Waals surface area contributed by atoms with E-state index in [4.69, 9.17) is 4.52 Å². The molecule has 0 spiro atoms. The van der Waals surface area contributed by atoms with Crippen molar-refractivity contribution >= 4 is 11.3 Å². The molecule has 4 heterocycles. The molecule has 0 fully saturated rings. The summed E-state index contributed by atoms with van der Waals surface area (Å²) >= 11 is 1.89. The monoisotopic (exact) mass is 313 g/mol. The molecule has 0 saturated heterocycles. The van der Waals surface area contributed by atoms with Crippen LogP contribution in [0.25, 0.3) is 0 Å². The van der Waals surface area contributed by atoms with Crippen molar-refractivity contribution in [1.82, 2.24) is 14.6 Å². The normalized spacial score (nSPS) is 15.1. The summed E-state index contributed by atoms with van der Waals surface area (Å²) in [5.74, 6) is 1.07. The maximum Gasteiger partial charge on any atom is 0.142 e. The van der Waals surface area contributed by atoms with Crippen LogP contribution in [0, 0.1) is 6.92 Å². The van der Waals surface area contributed by atoms with Gasteiger partial charge < -0.3 is 9.09 Å². The number of nitrogens with zero attached hydrogens (tertiary/aromatic N) is 3. The Labute approximate surface area is 134 Å². The Morgan fingerprint density at radius 1 is 1.23 bits per heavy atom. The molecule has 114 valence electrons. The average Bonchev–Trinajstić information content (AvgIpc) is 3.23. The van der Waals surface area contributed by atoms with E-state index in [0.717, 1.165) is 44.1 Å². The zero-order valence-electron chi connectivity index (χ0n) is 12.7. The molecule has 22 heavy (non-hydrogen) atoms. The highest BCUT2D eigenvalue weighted by atomic mass is 32.1. The number of thiophene rings is 1. The smallest absolute Gasteiger partial charge is 0.142 e. The fourth-order valence-electron chi connectivity index (χ4n) is 3.02. The van der Waals surface area contributed by atoms with Gasteiger partial charge in [-0.3, -0.25) is 4.90 Å². The van der Waals surface area contributed by atoms with E-state index >= 15 is 0 Å². The van der Waals surface area contributed by atoms with Crippen molar-refractivity contribution < 1.29 is 4.52 Å². The zero-order valence-corrected chi connectivity index (χ0v) is 13.5. The topological polar surface area (TPSA) is 34.2 Å². The largest absolute Gasteiger partial charge is 0.361 e. The van der Waals surface area contributed by atoms with Gasteiger partial charge in [0.25, 0.3) is 0 Å². The van der Waals surface area contributed by atoms with Crippen molar-refractivity contribution in [2.24, 2.45) is 0 Å². The fourth-order valence-corrected chi connectivity index (χ4v) is 3.95. The summed E-state index contributed by atoms with van der Waals surface area (Å²) in [5, 5.41) is 4.30. The molecule has 0 amide bonds. The van der Waals surface area contributed by atoms with Crippen LogP contribution < -0.4 is 0 Å². The van der Waals surface area contributed by atoms with E-state index in [1.54, 1.807) is 0 Å². The number of aromatic nitrogens is 2. The van der Waals surface area contributed by atoms with Gasteiger partial charge in [-0.1, -0.05) is 5.16 Å². The summed E-state index contributed by atoms with van der Waals surface area (Å²) in [7, 11) is 0. The number of rotatable bonds is 4. The molecule has 0 N–H and O–H groups in total. The van der Waals surface area contributed by atoms with Gasteiger partial charge in [0.05, 0.1) is 6.54 Å². The van der Waals surface area contributed by atoms with Gasteiger partial charge in [0.1, 0.15) is 11.5 Å². The lowest BCUT2D eigenvalue weighted by Gasteiger charge is -2.25. The van der Waals surface area contributed by atoms with Crippen LogP contribution >= 0.6 is 11.3 Å². The summed E-state index contributed by atoms with van der Waals surface area (Å²) in [6.45, 7) is 5.95. The number of hydrogen-bond acceptors (Lipinski definition) is 4. The maximum absolute atomic E-state index is 5.55. The Morgan fingerprint density at radius 3 is 2.86 bits per heavy atom. The molecule has 5 heteroatoms. The van der Waals surface area contributed by atoms with E-state index in [1.165, 1.54) is 15.3 Å². The summed E-state index contributed by atoms with van der Waals surface area (Å²) in [6, 6.07) is 8.52. The van der Waals surface area contributed by atoms with Crippen LogP contribution in [-0.4, -0.2) is 21.2 Å². The predicted molar refractivity (Wildman–Crippen MR) is 86.9 cm³/mol. The molecular formula is C17H19N3OS. The van der Waals surface area contributed by atoms with Gasteiger partial charge in [-0.15, -0.1) is 11.3 Å². The van der Waals surface area contributed by atoms with Crippen LogP contribution in [0.4, 0.5) is 0 Å². The van der Waals surface area contributed by atoms with Crippen molar-refractivity contribution in [2.75, 3.05) is 6.54 Å². The van der Waals surface area contributed by atoms with E-state index in [9.17, 15) is 0 Å². The predicted octanol–water partition coefficient (Wildman–Crippen LogP) is 3.45. The second-order valence-electron chi connectivity index (χ2n) is 5.86. The highest BCUT2D eigenvalue weighted by molar-refractivity contribution is 7.11. The van der Waals surface area contributed by atoms with Crippen LogP contribution in [0.1, 0.15) is 26.8 Å². The molecule has 4 nitrogen and oxygen atoms in total. The first-order valence-corrected chi connectivity index (χ1v) is 8.44. The van der Waals surface area contributed by atoms with Crippen LogP contribution in [0.3, 0.4) is 0 Å². The molecule has 4 rings (SSSR count). The SMILES string of the molecule is Cc1ccc(CN2CCc3onc(Cn4cccc4)c3C2)s1. The molecule has 0 atom stereocenters. The molecule has 0 radical (unpaired) electrons. The van der Waals surface area contributed by atoms with Crippen LogP contribution in [-0.2, 0) is 26.1 Å². The lowest BCUT2D eigenvalue weighted by atomic mass is 10.1. The second-order valence-corrected chi connectivity index (χ2v) is 7.23. The Bertz CT molecular complexity index is 757. The third-order valence-electron chi connectivity index (χ3n) is 4.16. The average molecular weight is 313 g/mol. The minimum atomic E-state index is 0.789. The number of fused-ring (bicyclic) bond motifs is 1. The molecule has 3 aromatic heterocycles. The Hall–Kier alpha value is -1.85. The van der Waals surface area contributed by atoms with Gasteiger partial charge in [0.2, 0.25) is 0 Å². The van der Waals surface area contributed by atoms with E-state index < -0.39 is 0 Å². The first-order chi connectivity index (χ1) is 10.8. The fraction of sp³-hybridized carbons (Fsp3) is 0.353. The molecule has 1 aliphatic heterocycles. The van der Waals surface area contributed by atoms with Gasteiger partial charge >= 0.3 is 0 Å². The van der Waals surface area contributed by atoms with Crippen molar-refractivity contribution in [3.8, 4) is 0 Å². The van der Waals surface area contributed by atoms with Crippen molar-refractivity contribution in [3.63, 3.8) is 0 Å². The van der Waals surface area contributed by atoms with Gasteiger partial charge in [0.15, 0.2) is 0 Å². The standard InChI is InChI=1S/C17H19N3OS/c1-13-4-5-14(22-13)10-20-9-6-17-15(11-20)16(18-21-17)12-19-7-2-3-8-19/h2-5,7-8H,6,9-12H2,1H3. The molecule has 0 saturated carbocycles. The van der Waals surface area contributed by atoms with Gasteiger partial charge in [0, 0.05) is 53.8 Å². The molecule has 1 aliphatic rings. The first kappa shape index (κ1) is 13.8. The maximum atomic E-state index is 5.55.